The molecule has 0 N–H and O–H groups in total. The van der Waals surface area contributed by atoms with Crippen LogP contribution in [0.3, 0.4) is 0 Å². The van der Waals surface area contributed by atoms with Gasteiger partial charge in [0.05, 0.1) is 22.8 Å². The van der Waals surface area contributed by atoms with Crippen molar-refractivity contribution in [1.82, 2.24) is 4.57 Å². The topological polar surface area (TPSA) is 79.1 Å². The van der Waals surface area contributed by atoms with Gasteiger partial charge in [0.25, 0.3) is 5.56 Å². The number of aromatic nitrogens is 1. The molecule has 6 aromatic carbocycles. The van der Waals surface area contributed by atoms with Gasteiger partial charge in [-0.15, -0.1) is 0 Å². The third-order valence-electron chi connectivity index (χ3n) is 9.59. The van der Waals surface area contributed by atoms with Gasteiger partial charge in [0.1, 0.15) is 24.7 Å². The van der Waals surface area contributed by atoms with Crippen LogP contribution in [0.4, 0.5) is 13.2 Å². The monoisotopic (exact) mass is 804 g/mol. The molecule has 1 aliphatic heterocycles. The molecule has 57 heavy (non-hydrogen) atoms. The van der Waals surface area contributed by atoms with Crippen molar-refractivity contribution in [1.29, 1.82) is 0 Å². The average Bonchev–Trinajstić information content (AvgIpc) is 3.53. The zero-order chi connectivity index (χ0) is 39.7. The maximum absolute atomic E-state index is 14.7. The lowest BCUT2D eigenvalue weighted by Gasteiger charge is -2.26. The van der Waals surface area contributed by atoms with Crippen LogP contribution in [-0.2, 0) is 22.7 Å². The molecule has 7 nitrogen and oxygen atoms in total. The van der Waals surface area contributed by atoms with Crippen LogP contribution >= 0.6 is 22.9 Å². The van der Waals surface area contributed by atoms with E-state index in [0.717, 1.165) is 48.6 Å². The Bertz CT molecular complexity index is 2870. The normalized spacial score (nSPS) is 14.4. The highest BCUT2D eigenvalue weighted by Gasteiger charge is 2.45. The Hall–Kier alpha value is -6.17. The van der Waals surface area contributed by atoms with Gasteiger partial charge in [-0.25, -0.2) is 9.79 Å². The zero-order valence-corrected chi connectivity index (χ0v) is 31.8. The van der Waals surface area contributed by atoms with Gasteiger partial charge in [-0.3, -0.25) is 9.36 Å². The van der Waals surface area contributed by atoms with Crippen molar-refractivity contribution in [2.24, 2.45) is 4.99 Å². The number of fused-ring (bicyclic) bond motifs is 3. The zero-order valence-electron chi connectivity index (χ0n) is 30.3. The largest absolute Gasteiger partial charge is 0.489 e. The molecule has 12 heteroatoms. The first-order valence-electron chi connectivity index (χ1n) is 18.0. The minimum atomic E-state index is -5.04. The maximum atomic E-state index is 14.7. The summed E-state index contributed by atoms with van der Waals surface area (Å²) in [7, 11) is 0. The number of thiazole rings is 1. The van der Waals surface area contributed by atoms with E-state index in [4.69, 9.17) is 25.8 Å². The Kier molecular flexibility index (Phi) is 10.4. The minimum absolute atomic E-state index is 0.0683. The summed E-state index contributed by atoms with van der Waals surface area (Å²) in [5.74, 6) is -0.348. The van der Waals surface area contributed by atoms with Crippen LogP contribution in [0, 0.1) is 0 Å². The van der Waals surface area contributed by atoms with Crippen molar-refractivity contribution in [3.05, 3.63) is 186 Å². The summed E-state index contributed by atoms with van der Waals surface area (Å²) in [6.07, 6.45) is -3.48. The number of hydrogen-bond donors (Lipinski definition) is 0. The summed E-state index contributed by atoms with van der Waals surface area (Å²) >= 11 is 6.90. The van der Waals surface area contributed by atoms with Crippen LogP contribution in [0.2, 0.25) is 5.02 Å². The molecule has 0 saturated heterocycles. The fourth-order valence-electron chi connectivity index (χ4n) is 6.94. The summed E-state index contributed by atoms with van der Waals surface area (Å²) in [5, 5.41) is 4.53. The molecular weight excluding hydrogens is 773 g/mol. The van der Waals surface area contributed by atoms with Crippen LogP contribution in [0.25, 0.3) is 27.6 Å². The minimum Gasteiger partial charge on any atom is -0.489 e. The van der Waals surface area contributed by atoms with Gasteiger partial charge in [-0.05, 0) is 75.5 Å². The van der Waals surface area contributed by atoms with Crippen molar-refractivity contribution in [3.8, 4) is 11.5 Å². The van der Waals surface area contributed by atoms with Crippen LogP contribution in [0.5, 0.6) is 11.5 Å². The SMILES string of the molecule is CCOC(=O)C1=C(C(F)(F)F)N=c2s/c(=C/c3ccc(OCc4cccc5ccccc45)cc3OCc3cccc4ccccc34)c(=O)n2[C@H]1c1ccc(Cl)cc1. The molecule has 2 heterocycles. The lowest BCUT2D eigenvalue weighted by Crippen LogP contribution is -2.41. The lowest BCUT2D eigenvalue weighted by molar-refractivity contribution is -0.140. The first-order valence-corrected chi connectivity index (χ1v) is 19.2. The van der Waals surface area contributed by atoms with Crippen LogP contribution in [-0.4, -0.2) is 23.3 Å². The maximum Gasteiger partial charge on any atom is 0.434 e. The Morgan fingerprint density at radius 3 is 2.07 bits per heavy atom. The van der Waals surface area contributed by atoms with Gasteiger partial charge in [-0.1, -0.05) is 120 Å². The van der Waals surface area contributed by atoms with Gasteiger partial charge in [0.2, 0.25) is 0 Å². The van der Waals surface area contributed by atoms with Crippen LogP contribution in [0.1, 0.15) is 35.2 Å². The fraction of sp³-hybridized carbons (Fsp3) is 0.133. The molecule has 1 aliphatic rings. The smallest absolute Gasteiger partial charge is 0.434 e. The molecule has 1 atom stereocenters. The second-order valence-electron chi connectivity index (χ2n) is 13.2. The number of halogens is 4. The Morgan fingerprint density at radius 2 is 1.44 bits per heavy atom. The van der Waals surface area contributed by atoms with E-state index in [9.17, 15) is 22.8 Å². The molecule has 7 aromatic rings. The molecule has 286 valence electrons. The second kappa shape index (κ2) is 15.8. The fourth-order valence-corrected chi connectivity index (χ4v) is 8.06. The third-order valence-corrected chi connectivity index (χ3v) is 10.8. The molecule has 0 bridgehead atoms. The number of allylic oxidation sites excluding steroid dienone is 1. The van der Waals surface area contributed by atoms with E-state index in [-0.39, 0.29) is 34.7 Å². The van der Waals surface area contributed by atoms with E-state index < -0.39 is 35.0 Å². The van der Waals surface area contributed by atoms with Gasteiger partial charge < -0.3 is 14.2 Å². The van der Waals surface area contributed by atoms with E-state index in [1.54, 1.807) is 24.3 Å². The van der Waals surface area contributed by atoms with E-state index in [2.05, 4.69) is 4.99 Å². The molecular formula is C45H32ClF3N2O5S. The Labute approximate surface area is 333 Å². The van der Waals surface area contributed by atoms with Crippen molar-refractivity contribution in [3.63, 3.8) is 0 Å². The van der Waals surface area contributed by atoms with E-state index in [1.807, 2.05) is 84.9 Å². The number of rotatable bonds is 10. The summed E-state index contributed by atoms with van der Waals surface area (Å²) in [6.45, 7) is 1.74. The highest BCUT2D eigenvalue weighted by atomic mass is 35.5. The van der Waals surface area contributed by atoms with Crippen LogP contribution < -0.4 is 24.4 Å². The number of nitrogens with zero attached hydrogens (tertiary/aromatic N) is 2. The quantitative estimate of drug-likeness (QED) is 0.129. The second-order valence-corrected chi connectivity index (χ2v) is 14.6. The molecule has 0 unspecified atom stereocenters. The number of benzene rings is 6. The lowest BCUT2D eigenvalue weighted by atomic mass is 9.95. The number of alkyl halides is 3. The number of esters is 1. The predicted octanol–water partition coefficient (Wildman–Crippen LogP) is 9.46. The van der Waals surface area contributed by atoms with E-state index >= 15 is 0 Å². The van der Waals surface area contributed by atoms with Crippen molar-refractivity contribution in [2.75, 3.05) is 6.61 Å². The van der Waals surface area contributed by atoms with Crippen molar-refractivity contribution in [2.45, 2.75) is 32.4 Å². The molecule has 0 spiro atoms. The highest BCUT2D eigenvalue weighted by molar-refractivity contribution is 7.07. The van der Waals surface area contributed by atoms with Gasteiger partial charge in [-0.2, -0.15) is 13.2 Å². The number of hydrogen-bond acceptors (Lipinski definition) is 7. The first-order chi connectivity index (χ1) is 27.6. The number of ether oxygens (including phenoxy) is 3. The Morgan fingerprint density at radius 1 is 0.825 bits per heavy atom. The van der Waals surface area contributed by atoms with E-state index in [1.165, 1.54) is 31.2 Å². The molecule has 8 rings (SSSR count). The standard InChI is InChI=1S/C45H32ClF3N2O5S/c1-2-54-43(53)39-40(29-17-20-33(46)21-18-29)51-42(52)38(57-44(51)50-41(39)45(47,48)49)23-30-19-22-34(55-25-31-13-7-11-27-9-3-5-15-35(27)31)24-37(30)56-26-32-14-8-12-28-10-4-6-16-36(28)32/h3-24,40H,2,25-26H2,1H3/b38-23+/t40-/m0/s1. The summed E-state index contributed by atoms with van der Waals surface area (Å²) in [5.41, 5.74) is -0.266. The first kappa shape index (κ1) is 37.7. The molecule has 1 aromatic heterocycles. The molecule has 0 saturated carbocycles. The molecule has 0 radical (unpaired) electrons. The average molecular weight is 805 g/mol. The number of carbonyl (C=O) groups excluding carboxylic acids is 1. The van der Waals surface area contributed by atoms with Crippen molar-refractivity contribution >= 4 is 56.5 Å². The predicted molar refractivity (Wildman–Crippen MR) is 215 cm³/mol. The van der Waals surface area contributed by atoms with Gasteiger partial charge >= 0.3 is 12.1 Å². The third kappa shape index (κ3) is 7.68. The van der Waals surface area contributed by atoms with E-state index in [0.29, 0.717) is 22.1 Å². The summed E-state index contributed by atoms with van der Waals surface area (Å²) < 4.78 is 63.0. The molecule has 0 amide bonds. The molecule has 0 aliphatic carbocycles. The Balaban J connectivity index is 1.24. The number of carbonyl (C=O) groups is 1. The summed E-state index contributed by atoms with van der Waals surface area (Å²) in [6, 6.07) is 37.5. The van der Waals surface area contributed by atoms with Crippen LogP contribution in [0.15, 0.2) is 148 Å². The summed E-state index contributed by atoms with van der Waals surface area (Å²) in [4.78, 5) is 31.3. The molecule has 0 fully saturated rings. The van der Waals surface area contributed by atoms with Gasteiger partial charge in [0, 0.05) is 16.7 Å². The highest BCUT2D eigenvalue weighted by Crippen LogP contribution is 2.39. The van der Waals surface area contributed by atoms with Gasteiger partial charge in [0.15, 0.2) is 10.5 Å². The van der Waals surface area contributed by atoms with Crippen molar-refractivity contribution < 1.29 is 32.2 Å².